The molecule has 0 saturated heterocycles. The largest absolute Gasteiger partial charge is 0.518 e. The molecule has 0 spiro atoms. The highest BCUT2D eigenvalue weighted by Crippen LogP contribution is 2.38. The molecule has 0 saturated carbocycles. The van der Waals surface area contributed by atoms with Crippen LogP contribution < -0.4 is 5.56 Å². The van der Waals surface area contributed by atoms with Crippen LogP contribution in [-0.2, 0) is 0 Å². The van der Waals surface area contributed by atoms with Crippen molar-refractivity contribution in [3.05, 3.63) is 61.5 Å². The van der Waals surface area contributed by atoms with Gasteiger partial charge in [-0.2, -0.15) is 0 Å². The van der Waals surface area contributed by atoms with E-state index in [1.165, 1.54) is 10.6 Å². The zero-order valence-corrected chi connectivity index (χ0v) is 17.3. The van der Waals surface area contributed by atoms with E-state index in [0.717, 1.165) is 5.56 Å². The molecular formula is C20H18Cl2N4O2. The van der Waals surface area contributed by atoms with Crippen LogP contribution in [0.4, 0.5) is 5.69 Å². The van der Waals surface area contributed by atoms with Crippen LogP contribution in [0, 0.1) is 6.57 Å². The summed E-state index contributed by atoms with van der Waals surface area (Å²) in [6.07, 6.45) is 1.70. The average Bonchev–Trinajstić information content (AvgIpc) is 2.64. The zero-order chi connectivity index (χ0) is 20.7. The van der Waals surface area contributed by atoms with Gasteiger partial charge in [0.05, 0.1) is 28.4 Å². The number of pyridine rings is 3. The molecule has 0 aromatic carbocycles. The molecule has 0 aliphatic carbocycles. The second kappa shape index (κ2) is 7.42. The molecule has 0 radical (unpaired) electrons. The summed E-state index contributed by atoms with van der Waals surface area (Å²) in [4.78, 5) is 25.2. The first kappa shape index (κ1) is 20.1. The summed E-state index contributed by atoms with van der Waals surface area (Å²) < 4.78 is 1.32. The van der Waals surface area contributed by atoms with Gasteiger partial charge in [0.1, 0.15) is 10.9 Å². The zero-order valence-electron chi connectivity index (χ0n) is 15.8. The molecule has 0 aliphatic heterocycles. The quantitative estimate of drug-likeness (QED) is 0.445. The molecule has 0 atom stereocenters. The molecule has 1 N–H and O–H groups in total. The standard InChI is InChI=1S/C20H18Cl2N4O2/c1-9(2)11-6-7-24-14(10(3)4)16(11)26-19-12(8-13(21)18(22)25-19)17(27)15(23-5)20(26)28/h6-10,27H,1-4H3. The van der Waals surface area contributed by atoms with Gasteiger partial charge in [0.15, 0.2) is 5.65 Å². The van der Waals surface area contributed by atoms with E-state index < -0.39 is 17.0 Å². The number of aromatic hydroxyl groups is 1. The molecule has 0 unspecified atom stereocenters. The Morgan fingerprint density at radius 1 is 1.21 bits per heavy atom. The number of hydrogen-bond donors (Lipinski definition) is 1. The fourth-order valence-electron chi connectivity index (χ4n) is 3.16. The van der Waals surface area contributed by atoms with Crippen molar-refractivity contribution >= 4 is 39.9 Å². The van der Waals surface area contributed by atoms with Crippen LogP contribution in [0.15, 0.2) is 23.1 Å². The van der Waals surface area contributed by atoms with Crippen molar-refractivity contribution < 1.29 is 5.11 Å². The Hall–Kier alpha value is -2.62. The molecule has 28 heavy (non-hydrogen) atoms. The summed E-state index contributed by atoms with van der Waals surface area (Å²) in [7, 11) is 0. The first-order valence-corrected chi connectivity index (χ1v) is 9.44. The highest BCUT2D eigenvalue weighted by atomic mass is 35.5. The Balaban J connectivity index is 2.65. The molecule has 8 heteroatoms. The van der Waals surface area contributed by atoms with Crippen molar-refractivity contribution in [2.24, 2.45) is 0 Å². The average molecular weight is 417 g/mol. The van der Waals surface area contributed by atoms with Crippen LogP contribution in [0.3, 0.4) is 0 Å². The van der Waals surface area contributed by atoms with Gasteiger partial charge in [-0.1, -0.05) is 50.9 Å². The SMILES string of the molecule is [C-]#[N+]c1c(O)c2cc(Cl)c(Cl)nc2n(-c2c(C(C)C)ccnc2C(C)C)c1=O. The lowest BCUT2D eigenvalue weighted by Gasteiger charge is -2.22. The molecule has 3 rings (SSSR count). The van der Waals surface area contributed by atoms with Gasteiger partial charge in [-0.25, -0.2) is 9.83 Å². The van der Waals surface area contributed by atoms with E-state index in [9.17, 15) is 9.90 Å². The summed E-state index contributed by atoms with van der Waals surface area (Å²) in [6, 6.07) is 3.25. The minimum absolute atomic E-state index is 0.00152. The smallest absolute Gasteiger partial charge is 0.292 e. The maximum absolute atomic E-state index is 13.2. The van der Waals surface area contributed by atoms with Crippen LogP contribution in [0.5, 0.6) is 5.75 Å². The van der Waals surface area contributed by atoms with Gasteiger partial charge in [-0.05, 0) is 29.5 Å². The Kier molecular flexibility index (Phi) is 5.33. The lowest BCUT2D eigenvalue weighted by atomic mass is 9.96. The monoisotopic (exact) mass is 416 g/mol. The van der Waals surface area contributed by atoms with Gasteiger partial charge in [0.25, 0.3) is 11.2 Å². The number of hydrogen-bond acceptors (Lipinski definition) is 4. The second-order valence-electron chi connectivity index (χ2n) is 7.03. The van der Waals surface area contributed by atoms with Gasteiger partial charge in [0.2, 0.25) is 0 Å². The van der Waals surface area contributed by atoms with E-state index in [-0.39, 0.29) is 33.0 Å². The van der Waals surface area contributed by atoms with E-state index in [4.69, 9.17) is 29.8 Å². The predicted molar refractivity (Wildman–Crippen MR) is 111 cm³/mol. The van der Waals surface area contributed by atoms with Crippen LogP contribution >= 0.6 is 23.2 Å². The summed E-state index contributed by atoms with van der Waals surface area (Å²) >= 11 is 12.2. The lowest BCUT2D eigenvalue weighted by molar-refractivity contribution is 0.483. The third-order valence-corrected chi connectivity index (χ3v) is 5.17. The van der Waals surface area contributed by atoms with Crippen LogP contribution in [-0.4, -0.2) is 19.6 Å². The summed E-state index contributed by atoms with van der Waals surface area (Å²) in [5.41, 5.74) is 1.16. The van der Waals surface area contributed by atoms with Gasteiger partial charge < -0.3 is 5.11 Å². The third kappa shape index (κ3) is 3.11. The number of nitrogens with zero attached hydrogens (tertiary/aromatic N) is 4. The van der Waals surface area contributed by atoms with Gasteiger partial charge >= 0.3 is 0 Å². The minimum atomic E-state index is -0.678. The normalized spacial score (nSPS) is 11.4. The highest BCUT2D eigenvalue weighted by molar-refractivity contribution is 6.41. The van der Waals surface area contributed by atoms with E-state index >= 15 is 0 Å². The van der Waals surface area contributed by atoms with Crippen molar-refractivity contribution in [1.29, 1.82) is 0 Å². The number of aromatic nitrogens is 3. The summed E-state index contributed by atoms with van der Waals surface area (Å²) in [5, 5.41) is 10.8. The van der Waals surface area contributed by atoms with Gasteiger partial charge in [-0.3, -0.25) is 14.3 Å². The predicted octanol–water partition coefficient (Wildman–Crippen LogP) is 5.59. The van der Waals surface area contributed by atoms with Crippen molar-refractivity contribution in [2.45, 2.75) is 39.5 Å². The van der Waals surface area contributed by atoms with E-state index in [0.29, 0.717) is 11.4 Å². The van der Waals surface area contributed by atoms with Crippen molar-refractivity contribution in [2.75, 3.05) is 0 Å². The second-order valence-corrected chi connectivity index (χ2v) is 7.79. The fourth-order valence-corrected chi connectivity index (χ4v) is 3.45. The molecule has 0 bridgehead atoms. The first-order chi connectivity index (χ1) is 13.2. The molecule has 144 valence electrons. The Morgan fingerprint density at radius 3 is 2.46 bits per heavy atom. The van der Waals surface area contributed by atoms with Crippen LogP contribution in [0.1, 0.15) is 50.8 Å². The molecule has 0 aliphatic rings. The van der Waals surface area contributed by atoms with Crippen molar-refractivity contribution in [1.82, 2.24) is 14.5 Å². The third-order valence-electron chi connectivity index (χ3n) is 4.50. The summed E-state index contributed by atoms with van der Waals surface area (Å²) in [5.74, 6) is -0.382. The van der Waals surface area contributed by atoms with Crippen molar-refractivity contribution in [3.8, 4) is 11.4 Å². The number of halogens is 2. The summed E-state index contributed by atoms with van der Waals surface area (Å²) in [6.45, 7) is 15.3. The van der Waals surface area contributed by atoms with Crippen LogP contribution in [0.25, 0.3) is 21.6 Å². The molecule has 3 aromatic rings. The molecule has 0 fully saturated rings. The number of fused-ring (bicyclic) bond motifs is 1. The Morgan fingerprint density at radius 2 is 1.89 bits per heavy atom. The van der Waals surface area contributed by atoms with Crippen LogP contribution in [0.2, 0.25) is 10.2 Å². The Bertz CT molecular complexity index is 1170. The van der Waals surface area contributed by atoms with Gasteiger partial charge in [0, 0.05) is 6.20 Å². The van der Waals surface area contributed by atoms with E-state index in [2.05, 4.69) is 14.8 Å². The molecule has 3 heterocycles. The minimum Gasteiger partial charge on any atom is -0.518 e. The molecule has 0 amide bonds. The first-order valence-electron chi connectivity index (χ1n) is 8.69. The fraction of sp³-hybridized carbons (Fsp3) is 0.300. The highest BCUT2D eigenvalue weighted by Gasteiger charge is 2.25. The maximum atomic E-state index is 13.2. The van der Waals surface area contributed by atoms with E-state index in [1.807, 2.05) is 33.8 Å². The lowest BCUT2D eigenvalue weighted by Crippen LogP contribution is -2.23. The van der Waals surface area contributed by atoms with Gasteiger partial charge in [-0.15, -0.1) is 0 Å². The molecule has 3 aromatic heterocycles. The number of rotatable bonds is 3. The maximum Gasteiger partial charge on any atom is 0.292 e. The van der Waals surface area contributed by atoms with E-state index in [1.54, 1.807) is 6.20 Å². The van der Waals surface area contributed by atoms with Crippen molar-refractivity contribution in [3.63, 3.8) is 0 Å². The Labute approximate surface area is 172 Å². The molecular weight excluding hydrogens is 399 g/mol. The molecule has 6 nitrogen and oxygen atoms in total. The topological polar surface area (TPSA) is 72.4 Å².